The minimum absolute atomic E-state index is 0.00982. The maximum Gasteiger partial charge on any atom is 0.389 e. The van der Waals surface area contributed by atoms with E-state index in [1.54, 1.807) is 17.8 Å². The predicted molar refractivity (Wildman–Crippen MR) is 121 cm³/mol. The molecule has 0 unspecified atom stereocenters. The van der Waals surface area contributed by atoms with Gasteiger partial charge in [0.2, 0.25) is 0 Å². The second-order valence-electron chi connectivity index (χ2n) is 9.80. The molecule has 0 radical (unpaired) electrons. The van der Waals surface area contributed by atoms with Gasteiger partial charge in [-0.1, -0.05) is 18.9 Å². The minimum Gasteiger partial charge on any atom is -0.494 e. The van der Waals surface area contributed by atoms with E-state index in [0.717, 1.165) is 17.5 Å². The monoisotopic (exact) mass is 490 g/mol. The zero-order valence-electron chi connectivity index (χ0n) is 19.6. The van der Waals surface area contributed by atoms with Gasteiger partial charge in [0, 0.05) is 26.4 Å². The van der Waals surface area contributed by atoms with Gasteiger partial charge >= 0.3 is 6.18 Å². The third kappa shape index (κ3) is 4.75. The number of amides is 2. The number of nitrogens with zero attached hydrogens (tertiary/aromatic N) is 2. The highest BCUT2D eigenvalue weighted by atomic mass is 19.4. The molecule has 0 bridgehead atoms. The summed E-state index contributed by atoms with van der Waals surface area (Å²) in [6.07, 6.45) is 0.0364. The third-order valence-electron chi connectivity index (χ3n) is 7.25. The second kappa shape index (κ2) is 8.87. The Hall–Kier alpha value is -3.04. The fourth-order valence-electron chi connectivity index (χ4n) is 5.30. The number of hydrogen-bond donors (Lipinski definition) is 2. The number of carbonyl (C=O) groups is 2. The normalized spacial score (nSPS) is 21.0. The number of aryl methyl sites for hydroxylation is 2. The minimum atomic E-state index is -4.19. The molecule has 35 heavy (non-hydrogen) atoms. The Labute approximate surface area is 201 Å². The molecule has 2 aliphatic carbocycles. The van der Waals surface area contributed by atoms with Crippen LogP contribution in [0.1, 0.15) is 76.2 Å². The molecule has 2 amide bonds. The van der Waals surface area contributed by atoms with Gasteiger partial charge in [0.1, 0.15) is 11.4 Å². The fraction of sp³-hybridized carbons (Fsp3) is 0.560. The van der Waals surface area contributed by atoms with Gasteiger partial charge in [-0.25, -0.2) is 0 Å². The lowest BCUT2D eigenvalue weighted by molar-refractivity contribution is -0.136. The summed E-state index contributed by atoms with van der Waals surface area (Å²) >= 11 is 0. The van der Waals surface area contributed by atoms with Crippen LogP contribution in [0.3, 0.4) is 0 Å². The maximum absolute atomic E-state index is 13.3. The number of aromatic nitrogens is 2. The largest absolute Gasteiger partial charge is 0.494 e. The molecule has 1 aromatic carbocycles. The van der Waals surface area contributed by atoms with Crippen molar-refractivity contribution in [2.45, 2.75) is 69.6 Å². The Morgan fingerprint density at radius 2 is 2.14 bits per heavy atom. The molecule has 2 aromatic rings. The van der Waals surface area contributed by atoms with Crippen LogP contribution in [0.15, 0.2) is 18.2 Å². The van der Waals surface area contributed by atoms with Crippen LogP contribution in [0.2, 0.25) is 0 Å². The van der Waals surface area contributed by atoms with Gasteiger partial charge in [0.05, 0.1) is 23.4 Å². The molecule has 2 N–H and O–H groups in total. The average molecular weight is 491 g/mol. The van der Waals surface area contributed by atoms with E-state index in [4.69, 9.17) is 9.84 Å². The van der Waals surface area contributed by atoms with E-state index in [1.165, 1.54) is 12.8 Å². The Bertz CT molecular complexity index is 1160. The predicted octanol–water partition coefficient (Wildman–Crippen LogP) is 3.89. The number of benzene rings is 1. The van der Waals surface area contributed by atoms with Gasteiger partial charge in [0.15, 0.2) is 0 Å². The van der Waals surface area contributed by atoms with Crippen molar-refractivity contribution in [1.82, 2.24) is 20.4 Å². The summed E-state index contributed by atoms with van der Waals surface area (Å²) in [6, 6.07) is 5.48. The maximum atomic E-state index is 13.3. The average Bonchev–Trinajstić information content (AvgIpc) is 3.48. The van der Waals surface area contributed by atoms with Crippen LogP contribution in [0.4, 0.5) is 13.2 Å². The van der Waals surface area contributed by atoms with Crippen LogP contribution in [-0.2, 0) is 24.9 Å². The molecule has 2 heterocycles. The highest BCUT2D eigenvalue weighted by Crippen LogP contribution is 2.44. The lowest BCUT2D eigenvalue weighted by atomic mass is 9.82. The van der Waals surface area contributed by atoms with Crippen LogP contribution in [0.25, 0.3) is 0 Å². The van der Waals surface area contributed by atoms with Crippen molar-refractivity contribution in [2.75, 3.05) is 13.7 Å². The molecular weight excluding hydrogens is 461 g/mol. The number of rotatable bonds is 8. The van der Waals surface area contributed by atoms with E-state index in [-0.39, 0.29) is 24.8 Å². The van der Waals surface area contributed by atoms with Crippen LogP contribution in [0.5, 0.6) is 5.75 Å². The van der Waals surface area contributed by atoms with Crippen molar-refractivity contribution >= 4 is 11.8 Å². The number of nitrogens with one attached hydrogen (secondary N) is 2. The molecular formula is C25H29F3N4O3. The van der Waals surface area contributed by atoms with Gasteiger partial charge in [-0.3, -0.25) is 14.3 Å². The van der Waals surface area contributed by atoms with Crippen LogP contribution in [0, 0.1) is 5.92 Å². The molecule has 7 nitrogen and oxygen atoms in total. The first-order chi connectivity index (χ1) is 16.7. The first-order valence-corrected chi connectivity index (χ1v) is 12.2. The molecule has 1 aliphatic heterocycles. The number of alkyl halides is 3. The molecule has 1 saturated carbocycles. The Morgan fingerprint density at radius 3 is 2.86 bits per heavy atom. The highest BCUT2D eigenvalue weighted by molar-refractivity contribution is 6.08. The SMILES string of the molecule is CNC(=O)c1c2c(nn1CCC1CC1)C[C@]1(CCc3cc(OCCCC(F)(F)F)ccc31)NC2=O. The number of hydrogen-bond acceptors (Lipinski definition) is 4. The molecule has 3 aliphatic rings. The summed E-state index contributed by atoms with van der Waals surface area (Å²) in [6.45, 7) is 0.594. The standard InChI is InChI=1S/C25H29F3N4O3/c1-29-23(34)21-20-19(31-32(21)11-8-15-3-4-15)14-24(30-22(20)33)10-7-16-13-17(5-6-18(16)24)35-12-2-9-25(26,27)28/h5-6,13,15H,2-4,7-12,14H2,1H3,(H,29,34)(H,30,33)/t24-/m0/s1. The summed E-state index contributed by atoms with van der Waals surface area (Å²) in [4.78, 5) is 26.0. The van der Waals surface area contributed by atoms with E-state index in [0.29, 0.717) is 54.4 Å². The summed E-state index contributed by atoms with van der Waals surface area (Å²) in [5.74, 6) is 0.570. The summed E-state index contributed by atoms with van der Waals surface area (Å²) in [7, 11) is 1.55. The quantitative estimate of drug-likeness (QED) is 0.550. The summed E-state index contributed by atoms with van der Waals surface area (Å²) < 4.78 is 44.3. The summed E-state index contributed by atoms with van der Waals surface area (Å²) in [5, 5.41) is 10.5. The second-order valence-corrected chi connectivity index (χ2v) is 9.80. The third-order valence-corrected chi connectivity index (χ3v) is 7.25. The number of fused-ring (bicyclic) bond motifs is 3. The van der Waals surface area contributed by atoms with Crippen molar-refractivity contribution in [3.8, 4) is 5.75 Å². The molecule has 10 heteroatoms. The van der Waals surface area contributed by atoms with Gasteiger partial charge in [-0.2, -0.15) is 18.3 Å². The summed E-state index contributed by atoms with van der Waals surface area (Å²) in [5.41, 5.74) is 2.64. The lowest BCUT2D eigenvalue weighted by Gasteiger charge is -2.35. The molecule has 5 rings (SSSR count). The van der Waals surface area contributed by atoms with Crippen molar-refractivity contribution in [1.29, 1.82) is 0 Å². The Kier molecular flexibility index (Phi) is 6.01. The van der Waals surface area contributed by atoms with Crippen LogP contribution < -0.4 is 15.4 Å². The highest BCUT2D eigenvalue weighted by Gasteiger charge is 2.47. The number of carbonyl (C=O) groups excluding carboxylic acids is 2. The first kappa shape index (κ1) is 23.7. The van der Waals surface area contributed by atoms with Gasteiger partial charge in [-0.15, -0.1) is 0 Å². The van der Waals surface area contributed by atoms with E-state index >= 15 is 0 Å². The van der Waals surface area contributed by atoms with E-state index < -0.39 is 18.1 Å². The smallest absolute Gasteiger partial charge is 0.389 e. The van der Waals surface area contributed by atoms with Gasteiger partial charge < -0.3 is 15.4 Å². The first-order valence-electron chi connectivity index (χ1n) is 12.2. The number of ether oxygens (including phenoxy) is 1. The lowest BCUT2D eigenvalue weighted by Crippen LogP contribution is -2.50. The van der Waals surface area contributed by atoms with E-state index in [1.807, 2.05) is 12.1 Å². The molecule has 0 saturated heterocycles. The topological polar surface area (TPSA) is 85.2 Å². The fourth-order valence-corrected chi connectivity index (χ4v) is 5.30. The molecule has 1 aromatic heterocycles. The number of halogens is 3. The Balaban J connectivity index is 1.36. The molecule has 1 atom stereocenters. The molecule has 188 valence electrons. The Morgan fingerprint density at radius 1 is 1.34 bits per heavy atom. The molecule has 1 spiro atoms. The van der Waals surface area contributed by atoms with Crippen molar-refractivity contribution in [3.63, 3.8) is 0 Å². The van der Waals surface area contributed by atoms with E-state index in [9.17, 15) is 22.8 Å². The van der Waals surface area contributed by atoms with Crippen LogP contribution in [-0.4, -0.2) is 41.4 Å². The van der Waals surface area contributed by atoms with Gasteiger partial charge in [0.25, 0.3) is 11.8 Å². The van der Waals surface area contributed by atoms with Crippen molar-refractivity contribution in [3.05, 3.63) is 46.3 Å². The zero-order chi connectivity index (χ0) is 24.8. The zero-order valence-corrected chi connectivity index (χ0v) is 19.6. The van der Waals surface area contributed by atoms with Crippen LogP contribution >= 0.6 is 0 Å². The van der Waals surface area contributed by atoms with Gasteiger partial charge in [-0.05, 0) is 54.9 Å². The molecule has 1 fully saturated rings. The van der Waals surface area contributed by atoms with E-state index in [2.05, 4.69) is 10.6 Å². The van der Waals surface area contributed by atoms with Crippen molar-refractivity contribution < 1.29 is 27.5 Å². The van der Waals surface area contributed by atoms with Crippen molar-refractivity contribution in [2.24, 2.45) is 5.92 Å².